The quantitative estimate of drug-likeness (QED) is 0.581. The summed E-state index contributed by atoms with van der Waals surface area (Å²) in [7, 11) is 0. The van der Waals surface area contributed by atoms with E-state index in [1.165, 1.54) is 58.8 Å². The fourth-order valence-electron chi connectivity index (χ4n) is 3.31. The molecule has 1 aromatic carbocycles. The van der Waals surface area contributed by atoms with Crippen molar-refractivity contribution in [2.24, 2.45) is 4.99 Å². The Kier molecular flexibility index (Phi) is 5.76. The molecule has 1 aliphatic heterocycles. The van der Waals surface area contributed by atoms with Crippen LogP contribution in [-0.4, -0.2) is 26.3 Å². The SMILES string of the molecule is CC(O)(C1=NC(n2ccc(NC(=O)c3cscn3)cc2=O)=CC1)c1cccc(C(F)(F)F)c1. The summed E-state index contributed by atoms with van der Waals surface area (Å²) in [6.07, 6.45) is -1.40. The lowest BCUT2D eigenvalue weighted by atomic mass is 9.88. The van der Waals surface area contributed by atoms with E-state index in [9.17, 15) is 27.9 Å². The molecule has 11 heteroatoms. The first kappa shape index (κ1) is 22.6. The van der Waals surface area contributed by atoms with E-state index < -0.39 is 28.8 Å². The van der Waals surface area contributed by atoms with Crippen molar-refractivity contribution in [3.63, 3.8) is 0 Å². The van der Waals surface area contributed by atoms with Gasteiger partial charge in [0.25, 0.3) is 11.5 Å². The molecule has 0 saturated carbocycles. The van der Waals surface area contributed by atoms with Crippen molar-refractivity contribution >= 4 is 34.5 Å². The maximum Gasteiger partial charge on any atom is 0.416 e. The van der Waals surface area contributed by atoms with Gasteiger partial charge in [-0.2, -0.15) is 13.2 Å². The molecule has 3 aromatic rings. The smallest absolute Gasteiger partial charge is 0.379 e. The lowest BCUT2D eigenvalue weighted by molar-refractivity contribution is -0.137. The third-order valence-electron chi connectivity index (χ3n) is 5.13. The van der Waals surface area contributed by atoms with Gasteiger partial charge in [0.2, 0.25) is 0 Å². The number of rotatable bonds is 5. The molecule has 0 fully saturated rings. The number of aromatic nitrogens is 2. The number of allylic oxidation sites excluding steroid dienone is 1. The van der Waals surface area contributed by atoms with Crippen LogP contribution in [0.1, 0.15) is 35.0 Å². The number of aliphatic imine (C=N–C) groups is 1. The second-order valence-corrected chi connectivity index (χ2v) is 8.15. The minimum Gasteiger partial charge on any atom is -0.379 e. The maximum atomic E-state index is 13.1. The normalized spacial score (nSPS) is 15.5. The van der Waals surface area contributed by atoms with Gasteiger partial charge in [0.1, 0.15) is 17.1 Å². The number of hydrogen-bond acceptors (Lipinski definition) is 6. The van der Waals surface area contributed by atoms with Crippen LogP contribution in [0.4, 0.5) is 18.9 Å². The second kappa shape index (κ2) is 8.41. The highest BCUT2D eigenvalue weighted by Gasteiger charge is 2.36. The summed E-state index contributed by atoms with van der Waals surface area (Å²) < 4.78 is 40.4. The Bertz CT molecular complexity index is 1330. The van der Waals surface area contributed by atoms with Crippen molar-refractivity contribution in [1.82, 2.24) is 9.55 Å². The molecule has 170 valence electrons. The van der Waals surface area contributed by atoms with Crippen LogP contribution in [0.25, 0.3) is 5.82 Å². The van der Waals surface area contributed by atoms with Crippen LogP contribution >= 0.6 is 11.3 Å². The van der Waals surface area contributed by atoms with Crippen molar-refractivity contribution in [2.45, 2.75) is 25.1 Å². The first-order valence-corrected chi connectivity index (χ1v) is 10.6. The average Bonchev–Trinajstić information content (AvgIpc) is 3.46. The van der Waals surface area contributed by atoms with E-state index in [4.69, 9.17) is 0 Å². The number of pyridine rings is 1. The molecule has 1 amide bonds. The van der Waals surface area contributed by atoms with E-state index in [0.717, 1.165) is 12.1 Å². The number of hydrogen-bond donors (Lipinski definition) is 2. The average molecular weight is 474 g/mol. The van der Waals surface area contributed by atoms with Gasteiger partial charge in [-0.15, -0.1) is 11.3 Å². The van der Waals surface area contributed by atoms with E-state index in [1.54, 1.807) is 11.5 Å². The van der Waals surface area contributed by atoms with E-state index in [-0.39, 0.29) is 34.9 Å². The summed E-state index contributed by atoms with van der Waals surface area (Å²) in [6, 6.07) is 7.14. The molecule has 3 heterocycles. The number of aliphatic hydroxyl groups is 1. The van der Waals surface area contributed by atoms with Gasteiger partial charge < -0.3 is 10.4 Å². The molecule has 0 spiro atoms. The fourth-order valence-corrected chi connectivity index (χ4v) is 3.84. The monoisotopic (exact) mass is 474 g/mol. The number of benzene rings is 1. The molecule has 1 unspecified atom stereocenters. The first-order valence-electron chi connectivity index (χ1n) is 9.66. The number of alkyl halides is 3. The van der Waals surface area contributed by atoms with Crippen molar-refractivity contribution in [2.75, 3.05) is 5.32 Å². The highest BCUT2D eigenvalue weighted by Crippen LogP contribution is 2.34. The number of halogens is 3. The molecule has 2 aromatic heterocycles. The van der Waals surface area contributed by atoms with Gasteiger partial charge in [-0.1, -0.05) is 12.1 Å². The van der Waals surface area contributed by atoms with Crippen LogP contribution in [0.3, 0.4) is 0 Å². The van der Waals surface area contributed by atoms with Crippen LogP contribution in [0.15, 0.2) is 69.3 Å². The van der Waals surface area contributed by atoms with Gasteiger partial charge in [0, 0.05) is 29.8 Å². The van der Waals surface area contributed by atoms with Crippen molar-refractivity contribution < 1.29 is 23.1 Å². The number of carbonyl (C=O) groups excluding carboxylic acids is 1. The van der Waals surface area contributed by atoms with Gasteiger partial charge in [-0.3, -0.25) is 14.2 Å². The molecule has 0 aliphatic carbocycles. The number of amides is 1. The minimum atomic E-state index is -4.54. The van der Waals surface area contributed by atoms with Gasteiger partial charge in [-0.25, -0.2) is 9.98 Å². The molecule has 1 aliphatic rings. The topological polar surface area (TPSA) is 96.6 Å². The van der Waals surface area contributed by atoms with E-state index in [2.05, 4.69) is 15.3 Å². The van der Waals surface area contributed by atoms with Gasteiger partial charge in [0.05, 0.1) is 16.8 Å². The van der Waals surface area contributed by atoms with E-state index in [1.807, 2.05) is 0 Å². The maximum absolute atomic E-state index is 13.1. The predicted molar refractivity (Wildman–Crippen MR) is 118 cm³/mol. The Labute approximate surface area is 189 Å². The van der Waals surface area contributed by atoms with Crippen LogP contribution in [0.5, 0.6) is 0 Å². The molecule has 0 radical (unpaired) electrons. The molecular weight excluding hydrogens is 457 g/mol. The summed E-state index contributed by atoms with van der Waals surface area (Å²) in [6.45, 7) is 1.36. The Morgan fingerprint density at radius 3 is 2.64 bits per heavy atom. The lowest BCUT2D eigenvalue weighted by Crippen LogP contribution is -2.31. The highest BCUT2D eigenvalue weighted by atomic mass is 32.1. The zero-order valence-corrected chi connectivity index (χ0v) is 17.9. The van der Waals surface area contributed by atoms with Crippen molar-refractivity contribution in [3.05, 3.63) is 86.7 Å². The standard InChI is InChI=1S/C22H17F3N4O3S/c1-21(32,13-3-2-4-14(9-13)22(23,24)25)17-5-6-18(28-17)29-8-7-15(10-19(29)30)27-20(31)16-11-33-12-26-16/h2-4,6-12,32H,5H2,1H3,(H,27,31). The van der Waals surface area contributed by atoms with Crippen LogP contribution < -0.4 is 10.9 Å². The third kappa shape index (κ3) is 4.64. The third-order valence-corrected chi connectivity index (χ3v) is 5.72. The molecule has 7 nitrogen and oxygen atoms in total. The minimum absolute atomic E-state index is 0.0400. The van der Waals surface area contributed by atoms with Crippen LogP contribution in [0.2, 0.25) is 0 Å². The van der Waals surface area contributed by atoms with E-state index in [0.29, 0.717) is 0 Å². The van der Waals surface area contributed by atoms with Gasteiger partial charge in [0.15, 0.2) is 0 Å². The summed E-state index contributed by atoms with van der Waals surface area (Å²) in [5.41, 5.74) is -0.877. The highest BCUT2D eigenvalue weighted by molar-refractivity contribution is 7.07. The van der Waals surface area contributed by atoms with Crippen molar-refractivity contribution in [1.29, 1.82) is 0 Å². The Balaban J connectivity index is 1.56. The predicted octanol–water partition coefficient (Wildman–Crippen LogP) is 4.13. The molecule has 1 atom stereocenters. The molecule has 0 bridgehead atoms. The Hall–Kier alpha value is -3.57. The van der Waals surface area contributed by atoms with Crippen LogP contribution in [0, 0.1) is 0 Å². The van der Waals surface area contributed by atoms with Gasteiger partial charge in [-0.05, 0) is 36.8 Å². The zero-order valence-electron chi connectivity index (χ0n) is 17.1. The van der Waals surface area contributed by atoms with E-state index >= 15 is 0 Å². The summed E-state index contributed by atoms with van der Waals surface area (Å²) in [5, 5.41) is 15.1. The largest absolute Gasteiger partial charge is 0.416 e. The fraction of sp³-hybridized carbons (Fsp3) is 0.182. The van der Waals surface area contributed by atoms with Gasteiger partial charge >= 0.3 is 6.18 Å². The summed E-state index contributed by atoms with van der Waals surface area (Å²) >= 11 is 1.27. The Morgan fingerprint density at radius 1 is 1.21 bits per heavy atom. The van der Waals surface area contributed by atoms with Crippen LogP contribution in [-0.2, 0) is 11.8 Å². The van der Waals surface area contributed by atoms with Crippen molar-refractivity contribution in [3.8, 4) is 0 Å². The Morgan fingerprint density at radius 2 is 1.97 bits per heavy atom. The number of nitrogens with zero attached hydrogens (tertiary/aromatic N) is 3. The number of thiazole rings is 1. The second-order valence-electron chi connectivity index (χ2n) is 7.43. The zero-order chi connectivity index (χ0) is 23.8. The summed E-state index contributed by atoms with van der Waals surface area (Å²) in [5.74, 6) is -0.231. The first-order chi connectivity index (χ1) is 15.6. The number of nitrogens with one attached hydrogen (secondary N) is 1. The molecular formula is C22H17F3N4O3S. The molecule has 2 N–H and O–H groups in total. The number of carbonyl (C=O) groups is 1. The molecule has 0 saturated heterocycles. The lowest BCUT2D eigenvalue weighted by Gasteiger charge is -2.25. The summed E-state index contributed by atoms with van der Waals surface area (Å²) in [4.78, 5) is 32.9. The number of anilines is 1. The molecule has 33 heavy (non-hydrogen) atoms. The molecule has 4 rings (SSSR count).